The van der Waals surface area contributed by atoms with Gasteiger partial charge in [0.1, 0.15) is 11.9 Å². The molecule has 7 heteroatoms. The molecule has 1 saturated carbocycles. The molecule has 2 rings (SSSR count). The van der Waals surface area contributed by atoms with Crippen molar-refractivity contribution in [1.29, 1.82) is 0 Å². The van der Waals surface area contributed by atoms with Gasteiger partial charge in [-0.15, -0.1) is 0 Å². The van der Waals surface area contributed by atoms with Crippen LogP contribution in [0.1, 0.15) is 72.1 Å². The average Bonchev–Trinajstić information content (AvgIpc) is 2.68. The van der Waals surface area contributed by atoms with Crippen LogP contribution in [0.2, 0.25) is 0 Å². The van der Waals surface area contributed by atoms with Crippen LogP contribution in [0.4, 0.5) is 0 Å². The van der Waals surface area contributed by atoms with Gasteiger partial charge in [0, 0.05) is 6.42 Å². The molecular weight excluding hydrogens is 342 g/mol. The van der Waals surface area contributed by atoms with Crippen LogP contribution >= 0.6 is 0 Å². The van der Waals surface area contributed by atoms with Crippen molar-refractivity contribution in [1.82, 2.24) is 10.7 Å². The number of nitrogens with two attached hydrogens (primary N) is 2. The number of hydrogen-bond donors (Lipinski definition) is 4. The van der Waals surface area contributed by atoms with Crippen LogP contribution in [-0.2, 0) is 9.53 Å². The number of ether oxygens (including phenoxy) is 1. The summed E-state index contributed by atoms with van der Waals surface area (Å²) >= 11 is 0. The number of nitrogens with zero attached hydrogens (tertiary/aromatic N) is 1. The Labute approximate surface area is 164 Å². The number of piperidine rings is 1. The van der Waals surface area contributed by atoms with Crippen LogP contribution in [0.15, 0.2) is 5.10 Å². The average molecular weight is 382 g/mol. The fraction of sp³-hybridized carbons (Fsp3) is 0.900. The largest absolute Gasteiger partial charge is 0.464 e. The predicted octanol–water partition coefficient (Wildman–Crippen LogP) is 2.27. The van der Waals surface area contributed by atoms with Crippen LogP contribution in [0.3, 0.4) is 0 Å². The molecule has 6 N–H and O–H groups in total. The zero-order valence-corrected chi connectivity index (χ0v) is 17.3. The van der Waals surface area contributed by atoms with Crippen molar-refractivity contribution < 1.29 is 9.53 Å². The van der Waals surface area contributed by atoms with Crippen LogP contribution in [0.5, 0.6) is 0 Å². The van der Waals surface area contributed by atoms with Crippen molar-refractivity contribution in [3.8, 4) is 0 Å². The number of carbonyl (C=O) groups is 1. The third-order valence-corrected chi connectivity index (χ3v) is 6.89. The highest BCUT2D eigenvalue weighted by Gasteiger charge is 2.42. The topological polar surface area (TPSA) is 115 Å². The van der Waals surface area contributed by atoms with Crippen molar-refractivity contribution >= 4 is 11.8 Å². The number of esters is 1. The molecule has 0 aromatic carbocycles. The Kier molecular flexibility index (Phi) is 8.35. The zero-order valence-electron chi connectivity index (χ0n) is 17.3. The molecule has 156 valence electrons. The number of hydrazone groups is 1. The van der Waals surface area contributed by atoms with Crippen LogP contribution in [0, 0.1) is 23.2 Å². The molecular formula is C20H39N5O2. The molecule has 2 aliphatic rings. The van der Waals surface area contributed by atoms with Crippen molar-refractivity contribution in [3.05, 3.63) is 0 Å². The minimum Gasteiger partial charge on any atom is -0.464 e. The molecule has 1 aliphatic heterocycles. The molecule has 0 radical (unpaired) electrons. The number of rotatable bonds is 8. The fourth-order valence-corrected chi connectivity index (χ4v) is 4.72. The summed E-state index contributed by atoms with van der Waals surface area (Å²) in [6.07, 6.45) is 8.30. The van der Waals surface area contributed by atoms with Gasteiger partial charge in [0.2, 0.25) is 0 Å². The van der Waals surface area contributed by atoms with E-state index in [0.717, 1.165) is 45.1 Å². The maximum absolute atomic E-state index is 12.5. The minimum absolute atomic E-state index is 0.0718. The summed E-state index contributed by atoms with van der Waals surface area (Å²) in [5, 5.41) is 7.13. The third-order valence-electron chi connectivity index (χ3n) is 6.89. The molecule has 0 spiro atoms. The SMILES string of the molecule is CCC(CC)COC(=O)[C@@H]1CC2C[C@@](C)(CC/C(=N/N)NN)CCC2CN1. The molecule has 27 heavy (non-hydrogen) atoms. The molecule has 2 fully saturated rings. The summed E-state index contributed by atoms with van der Waals surface area (Å²) in [7, 11) is 0. The van der Waals surface area contributed by atoms with E-state index in [4.69, 9.17) is 16.4 Å². The fourth-order valence-electron chi connectivity index (χ4n) is 4.72. The van der Waals surface area contributed by atoms with E-state index in [9.17, 15) is 4.79 Å². The van der Waals surface area contributed by atoms with Gasteiger partial charge in [-0.25, -0.2) is 5.84 Å². The Morgan fingerprint density at radius 2 is 2.11 bits per heavy atom. The number of hydrogen-bond acceptors (Lipinski definition) is 6. The number of carbonyl (C=O) groups excluding carboxylic acids is 1. The first-order valence-electron chi connectivity index (χ1n) is 10.6. The van der Waals surface area contributed by atoms with Gasteiger partial charge in [0.25, 0.3) is 0 Å². The van der Waals surface area contributed by atoms with Crippen molar-refractivity contribution in [3.63, 3.8) is 0 Å². The van der Waals surface area contributed by atoms with Gasteiger partial charge in [0.05, 0.1) is 6.61 Å². The second-order valence-corrected chi connectivity index (χ2v) is 8.80. The zero-order chi connectivity index (χ0) is 19.9. The molecule has 0 aromatic heterocycles. The van der Waals surface area contributed by atoms with Crippen LogP contribution in [0.25, 0.3) is 0 Å². The molecule has 2 unspecified atom stereocenters. The molecule has 7 nitrogen and oxygen atoms in total. The number of nitrogens with one attached hydrogen (secondary N) is 2. The summed E-state index contributed by atoms with van der Waals surface area (Å²) in [6.45, 7) is 8.11. The Hall–Kier alpha value is -1.34. The highest BCUT2D eigenvalue weighted by Crippen LogP contribution is 2.47. The van der Waals surface area contributed by atoms with Gasteiger partial charge in [-0.05, 0) is 61.8 Å². The Morgan fingerprint density at radius 3 is 2.74 bits per heavy atom. The lowest BCUT2D eigenvalue weighted by Crippen LogP contribution is -2.51. The maximum atomic E-state index is 12.5. The quantitative estimate of drug-likeness (QED) is 0.169. The number of fused-ring (bicyclic) bond motifs is 1. The van der Waals surface area contributed by atoms with Gasteiger partial charge in [0.15, 0.2) is 0 Å². The molecule has 1 aliphatic carbocycles. The molecule has 0 bridgehead atoms. The summed E-state index contributed by atoms with van der Waals surface area (Å²) < 4.78 is 5.61. The van der Waals surface area contributed by atoms with Gasteiger partial charge in [-0.3, -0.25) is 4.79 Å². The van der Waals surface area contributed by atoms with Gasteiger partial charge >= 0.3 is 5.97 Å². The van der Waals surface area contributed by atoms with Crippen molar-refractivity contribution in [2.45, 2.75) is 78.2 Å². The van der Waals surface area contributed by atoms with E-state index in [1.54, 1.807) is 0 Å². The Morgan fingerprint density at radius 1 is 1.37 bits per heavy atom. The van der Waals surface area contributed by atoms with E-state index in [1.807, 2.05) is 0 Å². The lowest BCUT2D eigenvalue weighted by Gasteiger charge is -2.46. The first-order valence-corrected chi connectivity index (χ1v) is 10.6. The number of hydrazine groups is 1. The molecule has 1 heterocycles. The lowest BCUT2D eigenvalue weighted by atomic mass is 9.62. The smallest absolute Gasteiger partial charge is 0.323 e. The second-order valence-electron chi connectivity index (χ2n) is 8.80. The third kappa shape index (κ3) is 6.07. The Bertz CT molecular complexity index is 509. The van der Waals surface area contributed by atoms with Gasteiger partial charge < -0.3 is 21.3 Å². The minimum atomic E-state index is -0.158. The first kappa shape index (κ1) is 22.0. The number of amidine groups is 1. The second kappa shape index (κ2) is 10.3. The lowest BCUT2D eigenvalue weighted by molar-refractivity contribution is -0.149. The summed E-state index contributed by atoms with van der Waals surface area (Å²) in [5.74, 6) is 13.1. The highest BCUT2D eigenvalue weighted by atomic mass is 16.5. The van der Waals surface area contributed by atoms with E-state index in [2.05, 4.69) is 36.6 Å². The van der Waals surface area contributed by atoms with Gasteiger partial charge in [-0.1, -0.05) is 33.6 Å². The Balaban J connectivity index is 1.87. The van der Waals surface area contributed by atoms with E-state index in [0.29, 0.717) is 30.2 Å². The van der Waals surface area contributed by atoms with Crippen LogP contribution < -0.4 is 22.4 Å². The van der Waals surface area contributed by atoms with Gasteiger partial charge in [-0.2, -0.15) is 5.10 Å². The molecule has 4 atom stereocenters. The molecule has 0 aromatic rings. The maximum Gasteiger partial charge on any atom is 0.323 e. The summed E-state index contributed by atoms with van der Waals surface area (Å²) in [6, 6.07) is -0.158. The van der Waals surface area contributed by atoms with E-state index in [1.165, 1.54) is 12.8 Å². The van der Waals surface area contributed by atoms with E-state index < -0.39 is 0 Å². The van der Waals surface area contributed by atoms with Crippen molar-refractivity contribution in [2.75, 3.05) is 13.2 Å². The van der Waals surface area contributed by atoms with E-state index >= 15 is 0 Å². The van der Waals surface area contributed by atoms with E-state index in [-0.39, 0.29) is 17.4 Å². The van der Waals surface area contributed by atoms with Crippen LogP contribution in [-0.4, -0.2) is 31.0 Å². The first-order chi connectivity index (χ1) is 12.9. The standard InChI is InChI=1S/C20H39N5O2/c1-4-14(5-2)13-27-19(26)17-10-16-11-20(3,8-6-15(16)12-23-17)9-7-18(24-21)25-22/h14-17,23H,4-13,21-22H2,1-3H3,(H,24,25)/t15?,16?,17-,20+/m0/s1. The molecule has 1 saturated heterocycles. The highest BCUT2D eigenvalue weighted by molar-refractivity contribution is 5.81. The monoisotopic (exact) mass is 381 g/mol. The summed E-state index contributed by atoms with van der Waals surface area (Å²) in [4.78, 5) is 12.5. The summed E-state index contributed by atoms with van der Waals surface area (Å²) in [5.41, 5.74) is 2.82. The normalized spacial score (nSPS) is 31.4. The van der Waals surface area contributed by atoms with Crippen molar-refractivity contribution in [2.24, 2.45) is 40.0 Å². The molecule has 0 amide bonds. The predicted molar refractivity (Wildman–Crippen MR) is 109 cm³/mol.